The van der Waals surface area contributed by atoms with Crippen molar-refractivity contribution in [3.8, 4) is 0 Å². The van der Waals surface area contributed by atoms with E-state index in [2.05, 4.69) is 10.6 Å². The molecule has 0 aromatic carbocycles. The van der Waals surface area contributed by atoms with Gasteiger partial charge >= 0.3 is 0 Å². The molecular formula is C9H12N2O. The van der Waals surface area contributed by atoms with Gasteiger partial charge in [-0.15, -0.1) is 0 Å². The van der Waals surface area contributed by atoms with Gasteiger partial charge in [0.1, 0.15) is 0 Å². The topological polar surface area (TPSA) is 37.2 Å². The number of rotatable bonds is 1. The van der Waals surface area contributed by atoms with E-state index in [0.717, 1.165) is 24.0 Å². The van der Waals surface area contributed by atoms with Crippen molar-refractivity contribution >= 4 is 11.6 Å². The van der Waals surface area contributed by atoms with Crippen LogP contribution in [0.5, 0.6) is 0 Å². The van der Waals surface area contributed by atoms with E-state index >= 15 is 0 Å². The maximum atomic E-state index is 5.29. The molecule has 3 heteroatoms. The van der Waals surface area contributed by atoms with Gasteiger partial charge in [-0.1, -0.05) is 0 Å². The Balaban J connectivity index is 1.83. The molecule has 0 radical (unpaired) electrons. The molecule has 3 rings (SSSR count). The fraction of sp³-hybridized carbons (Fsp3) is 0.556. The van der Waals surface area contributed by atoms with Crippen molar-refractivity contribution in [3.05, 3.63) is 12.3 Å². The molecule has 1 fully saturated rings. The second-order valence-corrected chi connectivity index (χ2v) is 3.63. The van der Waals surface area contributed by atoms with Crippen molar-refractivity contribution < 1.29 is 4.42 Å². The first-order chi connectivity index (χ1) is 5.93. The van der Waals surface area contributed by atoms with E-state index in [-0.39, 0.29) is 0 Å². The second-order valence-electron chi connectivity index (χ2n) is 3.63. The molecule has 1 aromatic heterocycles. The summed E-state index contributed by atoms with van der Waals surface area (Å²) in [6, 6.07) is 2.55. The summed E-state index contributed by atoms with van der Waals surface area (Å²) < 4.78 is 5.29. The average molecular weight is 164 g/mol. The van der Waals surface area contributed by atoms with Crippen LogP contribution in [0.2, 0.25) is 0 Å². The minimum Gasteiger partial charge on any atom is -0.447 e. The quantitative estimate of drug-likeness (QED) is 0.665. The number of hydrogen-bond acceptors (Lipinski definition) is 3. The maximum absolute atomic E-state index is 5.29. The van der Waals surface area contributed by atoms with Gasteiger partial charge < -0.3 is 15.1 Å². The summed E-state index contributed by atoms with van der Waals surface area (Å²) in [6.07, 6.45) is 4.46. The van der Waals surface area contributed by atoms with Crippen molar-refractivity contribution in [3.63, 3.8) is 0 Å². The Labute approximate surface area is 71.1 Å². The highest BCUT2D eigenvalue weighted by molar-refractivity contribution is 5.65. The normalized spacial score (nSPS) is 27.2. The Bertz CT molecular complexity index is 290. The van der Waals surface area contributed by atoms with Gasteiger partial charge in [-0.25, -0.2) is 0 Å². The van der Waals surface area contributed by atoms with Crippen LogP contribution in [-0.2, 0) is 0 Å². The molecule has 1 aromatic rings. The number of fused-ring (bicyclic) bond motifs is 1. The molecule has 2 aliphatic rings. The molecule has 1 atom stereocenters. The number of nitrogens with one attached hydrogen (secondary N) is 2. The SMILES string of the molecule is c1cc2c(o1)NC(C1CC1)CN2. The molecule has 0 spiro atoms. The summed E-state index contributed by atoms with van der Waals surface area (Å²) in [4.78, 5) is 0. The first-order valence-electron chi connectivity index (χ1n) is 4.51. The molecule has 2 heterocycles. The lowest BCUT2D eigenvalue weighted by molar-refractivity contribution is 0.547. The number of anilines is 2. The van der Waals surface area contributed by atoms with Crippen molar-refractivity contribution in [2.45, 2.75) is 18.9 Å². The number of furan rings is 1. The van der Waals surface area contributed by atoms with Gasteiger partial charge in [-0.05, 0) is 18.8 Å². The first-order valence-corrected chi connectivity index (χ1v) is 4.51. The highest BCUT2D eigenvalue weighted by Crippen LogP contribution is 2.38. The first kappa shape index (κ1) is 6.40. The lowest BCUT2D eigenvalue weighted by atomic mass is 10.1. The Kier molecular flexibility index (Phi) is 1.17. The van der Waals surface area contributed by atoms with Crippen LogP contribution < -0.4 is 10.6 Å². The van der Waals surface area contributed by atoms with E-state index in [1.54, 1.807) is 6.26 Å². The molecule has 0 bridgehead atoms. The van der Waals surface area contributed by atoms with E-state index in [1.807, 2.05) is 6.07 Å². The molecule has 0 amide bonds. The number of hydrogen-bond donors (Lipinski definition) is 2. The highest BCUT2D eigenvalue weighted by atomic mass is 16.3. The monoisotopic (exact) mass is 164 g/mol. The van der Waals surface area contributed by atoms with E-state index < -0.39 is 0 Å². The molecule has 0 saturated heterocycles. The van der Waals surface area contributed by atoms with Crippen LogP contribution >= 0.6 is 0 Å². The Morgan fingerprint density at radius 3 is 3.17 bits per heavy atom. The molecule has 1 aliphatic heterocycles. The van der Waals surface area contributed by atoms with Crippen LogP contribution in [0.1, 0.15) is 12.8 Å². The molecule has 3 nitrogen and oxygen atoms in total. The lowest BCUT2D eigenvalue weighted by Gasteiger charge is -2.24. The largest absolute Gasteiger partial charge is 0.447 e. The Morgan fingerprint density at radius 1 is 1.42 bits per heavy atom. The molecule has 1 aliphatic carbocycles. The zero-order valence-electron chi connectivity index (χ0n) is 6.84. The molecule has 2 N–H and O–H groups in total. The fourth-order valence-electron chi connectivity index (χ4n) is 1.78. The van der Waals surface area contributed by atoms with Gasteiger partial charge in [-0.2, -0.15) is 0 Å². The van der Waals surface area contributed by atoms with Crippen LogP contribution in [0.25, 0.3) is 0 Å². The van der Waals surface area contributed by atoms with E-state index in [4.69, 9.17) is 4.42 Å². The average Bonchev–Trinajstić information content (AvgIpc) is 2.84. The minimum atomic E-state index is 0.587. The fourth-order valence-corrected chi connectivity index (χ4v) is 1.78. The summed E-state index contributed by atoms with van der Waals surface area (Å²) in [5.74, 6) is 1.79. The van der Waals surface area contributed by atoms with Gasteiger partial charge in [-0.3, -0.25) is 0 Å². The molecule has 1 unspecified atom stereocenters. The zero-order chi connectivity index (χ0) is 7.97. The van der Waals surface area contributed by atoms with Crippen LogP contribution in [-0.4, -0.2) is 12.6 Å². The summed E-state index contributed by atoms with van der Waals surface area (Å²) in [5, 5.41) is 6.77. The molecular weight excluding hydrogens is 152 g/mol. The lowest BCUT2D eigenvalue weighted by Crippen LogP contribution is -2.33. The third-order valence-electron chi connectivity index (χ3n) is 2.69. The Hall–Kier alpha value is -1.12. The standard InChI is InChI=1S/C9H12N2O/c1-2-6(1)8-5-10-7-3-4-12-9(7)11-8/h3-4,6,8,10-11H,1-2,5H2. The smallest absolute Gasteiger partial charge is 0.216 e. The van der Waals surface area contributed by atoms with E-state index in [0.29, 0.717) is 6.04 Å². The van der Waals surface area contributed by atoms with Gasteiger partial charge in [0.25, 0.3) is 0 Å². The van der Waals surface area contributed by atoms with Gasteiger partial charge in [0, 0.05) is 18.7 Å². The minimum absolute atomic E-state index is 0.587. The summed E-state index contributed by atoms with van der Waals surface area (Å²) in [6.45, 7) is 1.04. The van der Waals surface area contributed by atoms with Crippen molar-refractivity contribution in [2.75, 3.05) is 17.2 Å². The molecule has 1 saturated carbocycles. The summed E-state index contributed by atoms with van der Waals surface area (Å²) in [5.41, 5.74) is 1.10. The predicted octanol–water partition coefficient (Wildman–Crippen LogP) is 1.90. The Morgan fingerprint density at radius 2 is 2.33 bits per heavy atom. The third kappa shape index (κ3) is 0.891. The zero-order valence-corrected chi connectivity index (χ0v) is 6.84. The molecule has 12 heavy (non-hydrogen) atoms. The maximum Gasteiger partial charge on any atom is 0.216 e. The van der Waals surface area contributed by atoms with E-state index in [9.17, 15) is 0 Å². The molecule has 64 valence electrons. The van der Waals surface area contributed by atoms with Crippen LogP contribution in [0.15, 0.2) is 16.7 Å². The van der Waals surface area contributed by atoms with Crippen molar-refractivity contribution in [1.82, 2.24) is 0 Å². The summed E-state index contributed by atoms with van der Waals surface area (Å²) >= 11 is 0. The van der Waals surface area contributed by atoms with Gasteiger partial charge in [0.05, 0.1) is 12.0 Å². The highest BCUT2D eigenvalue weighted by Gasteiger charge is 2.34. The van der Waals surface area contributed by atoms with Gasteiger partial charge in [0.2, 0.25) is 5.88 Å². The van der Waals surface area contributed by atoms with Crippen LogP contribution in [0, 0.1) is 5.92 Å². The van der Waals surface area contributed by atoms with Crippen LogP contribution in [0.4, 0.5) is 11.6 Å². The second kappa shape index (κ2) is 2.19. The van der Waals surface area contributed by atoms with E-state index in [1.165, 1.54) is 12.8 Å². The predicted molar refractivity (Wildman–Crippen MR) is 47.3 cm³/mol. The van der Waals surface area contributed by atoms with Crippen LogP contribution in [0.3, 0.4) is 0 Å². The summed E-state index contributed by atoms with van der Waals surface area (Å²) in [7, 11) is 0. The van der Waals surface area contributed by atoms with Crippen molar-refractivity contribution in [1.29, 1.82) is 0 Å². The third-order valence-corrected chi connectivity index (χ3v) is 2.69. The van der Waals surface area contributed by atoms with Gasteiger partial charge in [0.15, 0.2) is 0 Å². The van der Waals surface area contributed by atoms with Crippen molar-refractivity contribution in [2.24, 2.45) is 5.92 Å².